The molecule has 0 saturated heterocycles. The lowest BCUT2D eigenvalue weighted by atomic mass is 10.1. The fourth-order valence-electron chi connectivity index (χ4n) is 3.83. The van der Waals surface area contributed by atoms with Crippen molar-refractivity contribution in [3.8, 4) is 0 Å². The third-order valence-corrected chi connectivity index (χ3v) is 8.31. The van der Waals surface area contributed by atoms with Gasteiger partial charge in [-0.25, -0.2) is 8.42 Å². The lowest BCUT2D eigenvalue weighted by Gasteiger charge is -2.32. The number of anilines is 1. The summed E-state index contributed by atoms with van der Waals surface area (Å²) in [7, 11) is -4.08. The molecule has 3 aromatic carbocycles. The number of carbonyl (C=O) groups is 2. The molecule has 0 bridgehead atoms. The molecule has 2 amide bonds. The van der Waals surface area contributed by atoms with Crippen molar-refractivity contribution in [2.24, 2.45) is 0 Å². The Morgan fingerprint density at radius 3 is 2.30 bits per heavy atom. The molecule has 0 aliphatic carbocycles. The molecular formula is C28H32BrN3O4S. The average molecular weight is 587 g/mol. The summed E-state index contributed by atoms with van der Waals surface area (Å²) in [4.78, 5) is 28.3. The molecule has 9 heteroatoms. The number of sulfonamides is 1. The Morgan fingerprint density at radius 2 is 1.65 bits per heavy atom. The van der Waals surface area contributed by atoms with E-state index in [1.807, 2.05) is 38.1 Å². The SMILES string of the molecule is CCCNC(=O)[C@@H](C)N(Cc1ccccc1C)C(=O)CN(c1cccc(Br)c1)S(=O)(=O)c1ccccc1. The van der Waals surface area contributed by atoms with Gasteiger partial charge in [0.1, 0.15) is 12.6 Å². The van der Waals surface area contributed by atoms with E-state index in [-0.39, 0.29) is 17.3 Å². The zero-order chi connectivity index (χ0) is 27.0. The van der Waals surface area contributed by atoms with E-state index in [0.29, 0.717) is 16.7 Å². The number of nitrogens with one attached hydrogen (secondary N) is 1. The molecule has 7 nitrogen and oxygen atoms in total. The van der Waals surface area contributed by atoms with Crippen molar-refractivity contribution in [3.63, 3.8) is 0 Å². The van der Waals surface area contributed by atoms with E-state index < -0.39 is 28.5 Å². The smallest absolute Gasteiger partial charge is 0.264 e. The molecule has 37 heavy (non-hydrogen) atoms. The van der Waals surface area contributed by atoms with Crippen molar-refractivity contribution in [2.45, 2.75) is 44.7 Å². The van der Waals surface area contributed by atoms with Crippen LogP contribution >= 0.6 is 15.9 Å². The number of amides is 2. The maximum atomic E-state index is 13.9. The molecule has 0 saturated carbocycles. The molecule has 0 fully saturated rings. The van der Waals surface area contributed by atoms with Crippen LogP contribution in [0, 0.1) is 6.92 Å². The molecule has 1 N–H and O–H groups in total. The largest absolute Gasteiger partial charge is 0.354 e. The van der Waals surface area contributed by atoms with Gasteiger partial charge in [0.15, 0.2) is 0 Å². The van der Waals surface area contributed by atoms with Crippen LogP contribution in [0.15, 0.2) is 88.2 Å². The third-order valence-electron chi connectivity index (χ3n) is 6.02. The van der Waals surface area contributed by atoms with Gasteiger partial charge in [-0.1, -0.05) is 71.4 Å². The minimum atomic E-state index is -4.08. The van der Waals surface area contributed by atoms with Gasteiger partial charge in [-0.15, -0.1) is 0 Å². The van der Waals surface area contributed by atoms with Crippen molar-refractivity contribution in [2.75, 3.05) is 17.4 Å². The highest BCUT2D eigenvalue weighted by atomic mass is 79.9. The maximum absolute atomic E-state index is 13.9. The molecule has 3 rings (SSSR count). The summed E-state index contributed by atoms with van der Waals surface area (Å²) in [5, 5.41) is 2.85. The van der Waals surface area contributed by atoms with Crippen LogP contribution in [0.1, 0.15) is 31.4 Å². The standard InChI is InChI=1S/C28H32BrN3O4S/c1-4-17-30-28(34)22(3)31(19-23-12-9-8-11-21(23)2)27(33)20-32(25-14-10-13-24(29)18-25)37(35,36)26-15-6-5-7-16-26/h5-16,18,22H,4,17,19-20H2,1-3H3,(H,30,34)/t22-/m1/s1. The van der Waals surface area contributed by atoms with E-state index in [9.17, 15) is 18.0 Å². The minimum absolute atomic E-state index is 0.0713. The Labute approximate surface area is 227 Å². The highest BCUT2D eigenvalue weighted by molar-refractivity contribution is 9.10. The first-order valence-corrected chi connectivity index (χ1v) is 14.3. The molecular weight excluding hydrogens is 554 g/mol. The monoisotopic (exact) mass is 585 g/mol. The number of hydrogen-bond donors (Lipinski definition) is 1. The van der Waals surface area contributed by atoms with Crippen molar-refractivity contribution < 1.29 is 18.0 Å². The Hall–Kier alpha value is -3.17. The number of benzene rings is 3. The Balaban J connectivity index is 2.02. The van der Waals surface area contributed by atoms with Gasteiger partial charge in [0, 0.05) is 17.6 Å². The number of nitrogens with zero attached hydrogens (tertiary/aromatic N) is 2. The molecule has 196 valence electrons. The normalized spacial score (nSPS) is 12.0. The topological polar surface area (TPSA) is 86.8 Å². The van der Waals surface area contributed by atoms with E-state index in [4.69, 9.17) is 0 Å². The van der Waals surface area contributed by atoms with Crippen LogP contribution in [0.4, 0.5) is 5.69 Å². The Kier molecular flexibility index (Phi) is 9.88. The average Bonchev–Trinajstić information content (AvgIpc) is 2.89. The molecule has 0 aliphatic rings. The molecule has 0 heterocycles. The summed E-state index contributed by atoms with van der Waals surface area (Å²) in [5.41, 5.74) is 2.19. The second-order valence-electron chi connectivity index (χ2n) is 8.72. The molecule has 1 atom stereocenters. The third kappa shape index (κ3) is 7.20. The summed E-state index contributed by atoms with van der Waals surface area (Å²) in [5.74, 6) is -0.773. The van der Waals surface area contributed by atoms with Gasteiger partial charge in [-0.3, -0.25) is 13.9 Å². The fourth-order valence-corrected chi connectivity index (χ4v) is 5.64. The Morgan fingerprint density at radius 1 is 0.973 bits per heavy atom. The first-order valence-electron chi connectivity index (χ1n) is 12.1. The molecule has 0 unspecified atom stereocenters. The van der Waals surface area contributed by atoms with Crippen LogP contribution in [0.25, 0.3) is 0 Å². The second-order valence-corrected chi connectivity index (χ2v) is 11.5. The van der Waals surface area contributed by atoms with Gasteiger partial charge in [-0.2, -0.15) is 0 Å². The number of halogens is 1. The second kappa shape index (κ2) is 12.9. The van der Waals surface area contributed by atoms with Gasteiger partial charge in [0.05, 0.1) is 10.6 Å². The van der Waals surface area contributed by atoms with E-state index in [2.05, 4.69) is 21.2 Å². The van der Waals surface area contributed by atoms with Crippen molar-refractivity contribution >= 4 is 43.5 Å². The van der Waals surface area contributed by atoms with E-state index >= 15 is 0 Å². The molecule has 0 radical (unpaired) electrons. The molecule has 0 spiro atoms. The number of rotatable bonds is 11. The highest BCUT2D eigenvalue weighted by Crippen LogP contribution is 2.27. The van der Waals surface area contributed by atoms with E-state index in [0.717, 1.165) is 21.9 Å². The van der Waals surface area contributed by atoms with Crippen LogP contribution < -0.4 is 9.62 Å². The van der Waals surface area contributed by atoms with Crippen molar-refractivity contribution in [3.05, 3.63) is 94.5 Å². The lowest BCUT2D eigenvalue weighted by molar-refractivity contribution is -0.139. The van der Waals surface area contributed by atoms with Crippen LogP contribution in [-0.2, 0) is 26.2 Å². The minimum Gasteiger partial charge on any atom is -0.354 e. The zero-order valence-corrected chi connectivity index (χ0v) is 23.6. The molecule has 3 aromatic rings. The van der Waals surface area contributed by atoms with Gasteiger partial charge in [0.25, 0.3) is 10.0 Å². The fraction of sp³-hybridized carbons (Fsp3) is 0.286. The number of carbonyl (C=O) groups excluding carboxylic acids is 2. The predicted octanol–water partition coefficient (Wildman–Crippen LogP) is 4.90. The Bertz CT molecular complexity index is 1330. The van der Waals surface area contributed by atoms with Gasteiger partial charge < -0.3 is 10.2 Å². The lowest BCUT2D eigenvalue weighted by Crippen LogP contribution is -2.51. The van der Waals surface area contributed by atoms with Crippen molar-refractivity contribution in [1.29, 1.82) is 0 Å². The summed E-state index contributed by atoms with van der Waals surface area (Å²) >= 11 is 3.40. The van der Waals surface area contributed by atoms with E-state index in [1.54, 1.807) is 49.4 Å². The van der Waals surface area contributed by atoms with Gasteiger partial charge in [0.2, 0.25) is 11.8 Å². The summed E-state index contributed by atoms with van der Waals surface area (Å²) in [6.45, 7) is 5.74. The van der Waals surface area contributed by atoms with E-state index in [1.165, 1.54) is 17.0 Å². The van der Waals surface area contributed by atoms with Crippen LogP contribution in [0.5, 0.6) is 0 Å². The summed E-state index contributed by atoms with van der Waals surface area (Å²) in [6, 6.07) is 21.6. The maximum Gasteiger partial charge on any atom is 0.264 e. The first-order chi connectivity index (χ1) is 17.6. The number of aryl methyl sites for hydroxylation is 1. The first kappa shape index (κ1) is 28.4. The summed E-state index contributed by atoms with van der Waals surface area (Å²) in [6.07, 6.45) is 0.760. The van der Waals surface area contributed by atoms with Crippen LogP contribution in [-0.4, -0.2) is 44.3 Å². The van der Waals surface area contributed by atoms with Gasteiger partial charge in [-0.05, 0) is 61.7 Å². The number of hydrogen-bond acceptors (Lipinski definition) is 4. The zero-order valence-electron chi connectivity index (χ0n) is 21.2. The molecule has 0 aliphatic heterocycles. The van der Waals surface area contributed by atoms with Crippen molar-refractivity contribution in [1.82, 2.24) is 10.2 Å². The molecule has 0 aromatic heterocycles. The predicted molar refractivity (Wildman–Crippen MR) is 150 cm³/mol. The quantitative estimate of drug-likeness (QED) is 0.347. The highest BCUT2D eigenvalue weighted by Gasteiger charge is 2.32. The van der Waals surface area contributed by atoms with Crippen LogP contribution in [0.2, 0.25) is 0 Å². The van der Waals surface area contributed by atoms with Crippen LogP contribution in [0.3, 0.4) is 0 Å². The summed E-state index contributed by atoms with van der Waals surface area (Å²) < 4.78 is 29.2. The van der Waals surface area contributed by atoms with Gasteiger partial charge >= 0.3 is 0 Å².